The molecule has 0 amide bonds. The summed E-state index contributed by atoms with van der Waals surface area (Å²) >= 11 is 0. The Balaban J connectivity index is 2.14. The van der Waals surface area contributed by atoms with Crippen molar-refractivity contribution >= 4 is 22.0 Å². The molecule has 5 nitrogen and oxygen atoms in total. The Morgan fingerprint density at radius 2 is 1.96 bits per heavy atom. The summed E-state index contributed by atoms with van der Waals surface area (Å²) in [5.41, 5.74) is 9.57. The van der Waals surface area contributed by atoms with Crippen LogP contribution in [0.4, 0.5) is 5.69 Å². The van der Waals surface area contributed by atoms with Crippen molar-refractivity contribution in [3.63, 3.8) is 0 Å². The van der Waals surface area contributed by atoms with Gasteiger partial charge in [-0.2, -0.15) is 0 Å². The topological polar surface area (TPSA) is 72.9 Å². The Kier molecular flexibility index (Phi) is 4.95. The zero-order valence-electron chi connectivity index (χ0n) is 14.3. The lowest BCUT2D eigenvalue weighted by atomic mass is 9.96. The lowest BCUT2D eigenvalue weighted by Gasteiger charge is -2.16. The molecule has 25 heavy (non-hydrogen) atoms. The van der Waals surface area contributed by atoms with Crippen molar-refractivity contribution in [3.8, 4) is 0 Å². The number of benzene rings is 1. The van der Waals surface area contributed by atoms with Gasteiger partial charge < -0.3 is 15.6 Å². The predicted molar refractivity (Wildman–Crippen MR) is 104 cm³/mol. The minimum atomic E-state index is -0.0150. The third-order valence-corrected chi connectivity index (χ3v) is 4.33. The average Bonchev–Trinajstić information content (AvgIpc) is 2.64. The molecule has 0 aliphatic heterocycles. The van der Waals surface area contributed by atoms with E-state index in [4.69, 9.17) is 5.73 Å². The highest BCUT2D eigenvalue weighted by Gasteiger charge is 2.13. The van der Waals surface area contributed by atoms with Crippen molar-refractivity contribution in [3.05, 3.63) is 77.0 Å². The second-order valence-electron chi connectivity index (χ2n) is 5.95. The molecule has 0 aliphatic carbocycles. The van der Waals surface area contributed by atoms with Crippen molar-refractivity contribution in [2.75, 3.05) is 18.9 Å². The lowest BCUT2D eigenvalue weighted by Crippen LogP contribution is -2.20. The van der Waals surface area contributed by atoms with Crippen LogP contribution >= 0.6 is 0 Å². The third-order valence-electron chi connectivity index (χ3n) is 4.33. The molecule has 0 bridgehead atoms. The van der Waals surface area contributed by atoms with Gasteiger partial charge in [-0.1, -0.05) is 6.58 Å². The number of aromatic nitrogens is 2. The van der Waals surface area contributed by atoms with Crippen LogP contribution in [0.25, 0.3) is 16.3 Å². The molecule has 0 atom stereocenters. The molecule has 0 radical (unpaired) electrons. The highest BCUT2D eigenvalue weighted by atomic mass is 16.1. The summed E-state index contributed by atoms with van der Waals surface area (Å²) in [5, 5.41) is 4.77. The van der Waals surface area contributed by atoms with Crippen LogP contribution in [0.1, 0.15) is 17.5 Å². The molecule has 0 saturated carbocycles. The Morgan fingerprint density at radius 1 is 1.20 bits per heavy atom. The number of nitrogens with two attached hydrogens (primary N) is 1. The van der Waals surface area contributed by atoms with Gasteiger partial charge in [-0.3, -0.25) is 9.78 Å². The normalized spacial score (nSPS) is 10.8. The molecule has 5 heteroatoms. The Labute approximate surface area is 146 Å². The van der Waals surface area contributed by atoms with Crippen LogP contribution in [0.3, 0.4) is 0 Å². The fourth-order valence-corrected chi connectivity index (χ4v) is 3.06. The van der Waals surface area contributed by atoms with Crippen LogP contribution in [-0.4, -0.2) is 23.1 Å². The zero-order valence-corrected chi connectivity index (χ0v) is 14.3. The van der Waals surface area contributed by atoms with Crippen LogP contribution in [-0.2, 0) is 6.54 Å². The van der Waals surface area contributed by atoms with E-state index in [-0.39, 0.29) is 5.56 Å². The van der Waals surface area contributed by atoms with Crippen molar-refractivity contribution in [1.82, 2.24) is 9.55 Å². The SMILES string of the molecule is C=C(CCN)c1c(NC)ccc2c(=O)n(Cc3ccncc3)ccc12. The number of anilines is 1. The minimum absolute atomic E-state index is 0.0150. The number of hydrogen-bond acceptors (Lipinski definition) is 4. The zero-order chi connectivity index (χ0) is 17.8. The maximum atomic E-state index is 12.9. The summed E-state index contributed by atoms with van der Waals surface area (Å²) in [6.45, 7) is 5.20. The van der Waals surface area contributed by atoms with Gasteiger partial charge in [-0.05, 0) is 59.8 Å². The first kappa shape index (κ1) is 16.9. The fraction of sp³-hybridized carbons (Fsp3) is 0.200. The van der Waals surface area contributed by atoms with E-state index in [1.807, 2.05) is 43.6 Å². The van der Waals surface area contributed by atoms with E-state index in [0.717, 1.165) is 27.8 Å². The van der Waals surface area contributed by atoms with Crippen LogP contribution < -0.4 is 16.6 Å². The second kappa shape index (κ2) is 7.32. The smallest absolute Gasteiger partial charge is 0.258 e. The first-order chi connectivity index (χ1) is 12.2. The van der Waals surface area contributed by atoms with E-state index < -0.39 is 0 Å². The molecular formula is C20H22N4O. The average molecular weight is 334 g/mol. The van der Waals surface area contributed by atoms with E-state index in [9.17, 15) is 4.79 Å². The summed E-state index contributed by atoms with van der Waals surface area (Å²) in [5.74, 6) is 0. The summed E-state index contributed by atoms with van der Waals surface area (Å²) in [4.78, 5) is 17.0. The summed E-state index contributed by atoms with van der Waals surface area (Å²) < 4.78 is 1.71. The van der Waals surface area contributed by atoms with Gasteiger partial charge in [0.2, 0.25) is 0 Å². The number of pyridine rings is 2. The van der Waals surface area contributed by atoms with E-state index in [1.165, 1.54) is 0 Å². The quantitative estimate of drug-likeness (QED) is 0.727. The van der Waals surface area contributed by atoms with E-state index in [1.54, 1.807) is 17.0 Å². The van der Waals surface area contributed by atoms with E-state index in [0.29, 0.717) is 24.9 Å². The number of nitrogens with one attached hydrogen (secondary N) is 1. The molecule has 128 valence electrons. The molecule has 3 rings (SSSR count). The summed E-state index contributed by atoms with van der Waals surface area (Å²) in [6, 6.07) is 9.60. The molecule has 0 spiro atoms. The van der Waals surface area contributed by atoms with Gasteiger partial charge in [0.15, 0.2) is 0 Å². The number of rotatable bonds is 6. The van der Waals surface area contributed by atoms with Crippen molar-refractivity contribution in [2.45, 2.75) is 13.0 Å². The van der Waals surface area contributed by atoms with Gasteiger partial charge in [-0.25, -0.2) is 0 Å². The molecule has 0 fully saturated rings. The Hall–Kier alpha value is -2.92. The standard InChI is InChI=1S/C20H22N4O/c1-14(5-9-21)19-16-8-12-24(13-15-6-10-23-11-7-15)20(25)17(16)3-4-18(19)22-2/h3-4,6-8,10-12,22H,1,5,9,13,21H2,2H3. The van der Waals surface area contributed by atoms with Gasteiger partial charge in [-0.15, -0.1) is 0 Å². The minimum Gasteiger partial charge on any atom is -0.388 e. The molecule has 3 N–H and O–H groups in total. The highest BCUT2D eigenvalue weighted by Crippen LogP contribution is 2.31. The first-order valence-electron chi connectivity index (χ1n) is 8.26. The second-order valence-corrected chi connectivity index (χ2v) is 5.95. The molecule has 0 unspecified atom stereocenters. The largest absolute Gasteiger partial charge is 0.388 e. The molecule has 0 aliphatic rings. The molecule has 3 aromatic rings. The molecule has 0 saturated heterocycles. The summed E-state index contributed by atoms with van der Waals surface area (Å²) in [6.07, 6.45) is 5.99. The number of hydrogen-bond donors (Lipinski definition) is 2. The van der Waals surface area contributed by atoms with Crippen molar-refractivity contribution < 1.29 is 0 Å². The van der Waals surface area contributed by atoms with Crippen molar-refractivity contribution in [2.24, 2.45) is 5.73 Å². The predicted octanol–water partition coefficient (Wildman–Crippen LogP) is 2.85. The third kappa shape index (κ3) is 3.32. The van der Waals surface area contributed by atoms with Crippen LogP contribution in [0, 0.1) is 0 Å². The number of fused-ring (bicyclic) bond motifs is 1. The van der Waals surface area contributed by atoms with E-state index in [2.05, 4.69) is 16.9 Å². The first-order valence-corrected chi connectivity index (χ1v) is 8.26. The van der Waals surface area contributed by atoms with Crippen LogP contribution in [0.5, 0.6) is 0 Å². The Bertz CT molecular complexity index is 961. The maximum absolute atomic E-state index is 12.9. The van der Waals surface area contributed by atoms with Gasteiger partial charge in [0.25, 0.3) is 5.56 Å². The van der Waals surface area contributed by atoms with E-state index >= 15 is 0 Å². The Morgan fingerprint density at radius 3 is 2.64 bits per heavy atom. The highest BCUT2D eigenvalue weighted by molar-refractivity contribution is 5.98. The lowest BCUT2D eigenvalue weighted by molar-refractivity contribution is 0.767. The van der Waals surface area contributed by atoms with Gasteiger partial charge in [0.1, 0.15) is 0 Å². The molecule has 1 aromatic carbocycles. The molecule has 2 heterocycles. The van der Waals surface area contributed by atoms with Crippen LogP contribution in [0.15, 0.2) is 60.3 Å². The van der Waals surface area contributed by atoms with Gasteiger partial charge in [0, 0.05) is 42.3 Å². The molecular weight excluding hydrogens is 312 g/mol. The maximum Gasteiger partial charge on any atom is 0.258 e. The van der Waals surface area contributed by atoms with Gasteiger partial charge >= 0.3 is 0 Å². The van der Waals surface area contributed by atoms with Gasteiger partial charge in [0.05, 0.1) is 6.54 Å². The molecule has 2 aromatic heterocycles. The monoisotopic (exact) mass is 334 g/mol. The number of nitrogens with zero attached hydrogens (tertiary/aromatic N) is 2. The summed E-state index contributed by atoms with van der Waals surface area (Å²) in [7, 11) is 1.87. The van der Waals surface area contributed by atoms with Crippen LogP contribution in [0.2, 0.25) is 0 Å². The van der Waals surface area contributed by atoms with Crippen molar-refractivity contribution in [1.29, 1.82) is 0 Å². The fourth-order valence-electron chi connectivity index (χ4n) is 3.06.